The Morgan fingerprint density at radius 3 is 3.09 bits per heavy atom. The van der Waals surface area contributed by atoms with E-state index in [1.807, 2.05) is 6.92 Å². The topological polar surface area (TPSA) is 62.2 Å². The first kappa shape index (κ1) is 16.2. The van der Waals surface area contributed by atoms with E-state index < -0.39 is 17.3 Å². The van der Waals surface area contributed by atoms with Crippen molar-refractivity contribution in [2.45, 2.75) is 30.6 Å². The zero-order valence-corrected chi connectivity index (χ0v) is 13.7. The molecule has 1 heterocycles. The fourth-order valence-electron chi connectivity index (χ4n) is 2.89. The summed E-state index contributed by atoms with van der Waals surface area (Å²) in [5.74, 6) is 0.0468. The van der Waals surface area contributed by atoms with Crippen LogP contribution in [-0.2, 0) is 0 Å². The van der Waals surface area contributed by atoms with Gasteiger partial charge in [-0.2, -0.15) is 11.8 Å². The molecule has 2 N–H and O–H groups in total. The summed E-state index contributed by atoms with van der Waals surface area (Å²) in [6.45, 7) is 2.22. The smallest absolute Gasteiger partial charge is 0.253 e. The molecule has 2 aromatic rings. The van der Waals surface area contributed by atoms with Crippen molar-refractivity contribution in [3.05, 3.63) is 41.8 Å². The first-order chi connectivity index (χ1) is 11.0. The molecular weight excluding hydrogens is 315 g/mol. The van der Waals surface area contributed by atoms with Gasteiger partial charge in [-0.05, 0) is 36.8 Å². The largest absolute Gasteiger partial charge is 0.387 e. The highest BCUT2D eigenvalue weighted by Gasteiger charge is 2.45. The molecule has 0 radical (unpaired) electrons. The molecule has 1 fully saturated rings. The highest BCUT2D eigenvalue weighted by molar-refractivity contribution is 8.00. The van der Waals surface area contributed by atoms with Crippen molar-refractivity contribution in [3.8, 4) is 0 Å². The van der Waals surface area contributed by atoms with Crippen LogP contribution in [0.3, 0.4) is 0 Å². The number of carbonyl (C=O) groups excluding carboxylic acids is 1. The first-order valence-electron chi connectivity index (χ1n) is 7.70. The monoisotopic (exact) mass is 334 g/mol. The lowest BCUT2D eigenvalue weighted by atomic mass is 9.79. The quantitative estimate of drug-likeness (QED) is 0.883. The molecule has 122 valence electrons. The molecule has 2 atom stereocenters. The summed E-state index contributed by atoms with van der Waals surface area (Å²) in [6, 6.07) is 5.96. The molecule has 23 heavy (non-hydrogen) atoms. The lowest BCUT2D eigenvalue weighted by Gasteiger charge is -2.45. The van der Waals surface area contributed by atoms with E-state index in [1.165, 1.54) is 12.1 Å². The van der Waals surface area contributed by atoms with E-state index in [4.69, 9.17) is 0 Å². The second kappa shape index (κ2) is 6.45. The van der Waals surface area contributed by atoms with Gasteiger partial charge in [-0.25, -0.2) is 4.39 Å². The third kappa shape index (κ3) is 3.19. The fraction of sp³-hybridized carbons (Fsp3) is 0.412. The average Bonchev–Trinajstić information content (AvgIpc) is 2.55. The molecule has 1 saturated carbocycles. The average molecular weight is 334 g/mol. The van der Waals surface area contributed by atoms with E-state index in [0.29, 0.717) is 17.3 Å². The molecule has 0 bridgehead atoms. The molecule has 1 aliphatic rings. The Labute approximate surface area is 138 Å². The van der Waals surface area contributed by atoms with Gasteiger partial charge in [-0.3, -0.25) is 9.78 Å². The number of fused-ring (bicyclic) bond motifs is 1. The van der Waals surface area contributed by atoms with Crippen LogP contribution >= 0.6 is 11.8 Å². The normalized spacial score (nSPS) is 23.5. The van der Waals surface area contributed by atoms with E-state index in [-0.39, 0.29) is 17.4 Å². The minimum absolute atomic E-state index is 0.148. The molecule has 1 aromatic carbocycles. The number of carbonyl (C=O) groups is 1. The van der Waals surface area contributed by atoms with Crippen LogP contribution in [0.5, 0.6) is 0 Å². The number of hydrogen-bond acceptors (Lipinski definition) is 4. The molecule has 0 spiro atoms. The number of pyridine rings is 1. The third-order valence-corrected chi connectivity index (χ3v) is 5.69. The Morgan fingerprint density at radius 2 is 2.39 bits per heavy atom. The predicted molar refractivity (Wildman–Crippen MR) is 90.1 cm³/mol. The first-order valence-corrected chi connectivity index (χ1v) is 8.75. The molecule has 6 heteroatoms. The van der Waals surface area contributed by atoms with Crippen molar-refractivity contribution in [1.82, 2.24) is 10.3 Å². The lowest BCUT2D eigenvalue weighted by molar-refractivity contribution is -0.0221. The van der Waals surface area contributed by atoms with E-state index in [0.717, 1.165) is 12.2 Å². The van der Waals surface area contributed by atoms with Gasteiger partial charge in [0.1, 0.15) is 5.82 Å². The number of aliphatic hydroxyl groups is 1. The highest BCUT2D eigenvalue weighted by atomic mass is 32.2. The number of amides is 1. The zero-order valence-electron chi connectivity index (χ0n) is 12.9. The van der Waals surface area contributed by atoms with Crippen molar-refractivity contribution in [2.24, 2.45) is 0 Å². The van der Waals surface area contributed by atoms with E-state index >= 15 is 0 Å². The van der Waals surface area contributed by atoms with E-state index in [2.05, 4.69) is 10.3 Å². The number of halogens is 1. The molecule has 1 amide bonds. The van der Waals surface area contributed by atoms with Gasteiger partial charge in [0.15, 0.2) is 0 Å². The SMILES string of the molecule is CCSC1CCC1(O)CNC(=O)c1cc(F)cc2cccnc12. The summed E-state index contributed by atoms with van der Waals surface area (Å²) in [7, 11) is 0. The third-order valence-electron chi connectivity index (χ3n) is 4.28. The van der Waals surface area contributed by atoms with Gasteiger partial charge in [0.25, 0.3) is 5.91 Å². The number of rotatable bonds is 5. The van der Waals surface area contributed by atoms with Gasteiger partial charge < -0.3 is 10.4 Å². The van der Waals surface area contributed by atoms with Crippen LogP contribution in [0.2, 0.25) is 0 Å². The van der Waals surface area contributed by atoms with Gasteiger partial charge in [0.2, 0.25) is 0 Å². The highest BCUT2D eigenvalue weighted by Crippen LogP contribution is 2.40. The molecule has 0 saturated heterocycles. The maximum Gasteiger partial charge on any atom is 0.253 e. The summed E-state index contributed by atoms with van der Waals surface area (Å²) in [5.41, 5.74) is -0.206. The van der Waals surface area contributed by atoms with Crippen LogP contribution in [0.1, 0.15) is 30.1 Å². The molecule has 0 aliphatic heterocycles. The Kier molecular flexibility index (Phi) is 4.55. The molecule has 1 aromatic heterocycles. The van der Waals surface area contributed by atoms with Crippen molar-refractivity contribution >= 4 is 28.6 Å². The molecule has 4 nitrogen and oxygen atoms in total. The molecule has 3 rings (SSSR count). The van der Waals surface area contributed by atoms with Gasteiger partial charge in [0, 0.05) is 23.4 Å². The van der Waals surface area contributed by atoms with Crippen molar-refractivity contribution < 1.29 is 14.3 Å². The minimum atomic E-state index is -0.868. The fourth-order valence-corrected chi connectivity index (χ4v) is 4.09. The Hall–Kier alpha value is -1.66. The standard InChI is InChI=1S/C17H19FN2O2S/c1-2-23-14-5-6-17(14,22)10-20-16(21)13-9-12(18)8-11-4-3-7-19-15(11)13/h3-4,7-9,14,22H,2,5-6,10H2,1H3,(H,20,21). The maximum atomic E-state index is 13.7. The summed E-state index contributed by atoms with van der Waals surface area (Å²) in [6.07, 6.45) is 3.20. The second-order valence-electron chi connectivity index (χ2n) is 5.80. The summed E-state index contributed by atoms with van der Waals surface area (Å²) in [5, 5.41) is 14.0. The number of nitrogens with zero attached hydrogens (tertiary/aromatic N) is 1. The van der Waals surface area contributed by atoms with Crippen molar-refractivity contribution in [2.75, 3.05) is 12.3 Å². The lowest BCUT2D eigenvalue weighted by Crippen LogP contribution is -2.57. The number of thioether (sulfide) groups is 1. The van der Waals surface area contributed by atoms with Crippen LogP contribution in [0.4, 0.5) is 4.39 Å². The second-order valence-corrected chi connectivity index (χ2v) is 7.28. The van der Waals surface area contributed by atoms with Crippen LogP contribution in [0.15, 0.2) is 30.5 Å². The van der Waals surface area contributed by atoms with Crippen LogP contribution in [0.25, 0.3) is 10.9 Å². The Bertz CT molecular complexity index is 740. The number of hydrogen-bond donors (Lipinski definition) is 2. The van der Waals surface area contributed by atoms with E-state index in [1.54, 1.807) is 30.1 Å². The maximum absolute atomic E-state index is 13.7. The summed E-state index contributed by atoms with van der Waals surface area (Å²) < 4.78 is 13.7. The van der Waals surface area contributed by atoms with Gasteiger partial charge in [0.05, 0.1) is 16.7 Å². The van der Waals surface area contributed by atoms with Gasteiger partial charge in [-0.1, -0.05) is 13.0 Å². The predicted octanol–water partition coefficient (Wildman–Crippen LogP) is 2.75. The van der Waals surface area contributed by atoms with Crippen LogP contribution in [-0.4, -0.2) is 39.1 Å². The van der Waals surface area contributed by atoms with Crippen LogP contribution in [0, 0.1) is 5.82 Å². The number of benzene rings is 1. The number of aromatic nitrogens is 1. The Morgan fingerprint density at radius 1 is 1.57 bits per heavy atom. The van der Waals surface area contributed by atoms with E-state index in [9.17, 15) is 14.3 Å². The zero-order chi connectivity index (χ0) is 16.4. The summed E-state index contributed by atoms with van der Waals surface area (Å²) >= 11 is 1.70. The van der Waals surface area contributed by atoms with Crippen LogP contribution < -0.4 is 5.32 Å². The number of nitrogens with one attached hydrogen (secondary N) is 1. The van der Waals surface area contributed by atoms with Gasteiger partial charge in [-0.15, -0.1) is 0 Å². The molecule has 1 aliphatic carbocycles. The van der Waals surface area contributed by atoms with Crippen molar-refractivity contribution in [1.29, 1.82) is 0 Å². The molecular formula is C17H19FN2O2S. The Balaban J connectivity index is 1.77. The molecule has 2 unspecified atom stereocenters. The minimum Gasteiger partial charge on any atom is -0.387 e. The van der Waals surface area contributed by atoms with Crippen molar-refractivity contribution in [3.63, 3.8) is 0 Å². The summed E-state index contributed by atoms with van der Waals surface area (Å²) in [4.78, 5) is 16.6. The van der Waals surface area contributed by atoms with Gasteiger partial charge >= 0.3 is 0 Å².